The summed E-state index contributed by atoms with van der Waals surface area (Å²) >= 11 is 0. The third-order valence-corrected chi connectivity index (χ3v) is 7.63. The summed E-state index contributed by atoms with van der Waals surface area (Å²) in [5.41, 5.74) is 0. The summed E-state index contributed by atoms with van der Waals surface area (Å²) in [5.74, 6) is 6.62. The summed E-state index contributed by atoms with van der Waals surface area (Å²) in [6.07, 6.45) is 16.9. The molecule has 4 bridgehead atoms. The van der Waals surface area contributed by atoms with Crippen molar-refractivity contribution in [3.8, 4) is 0 Å². The topological polar surface area (TPSA) is 12.0 Å². The van der Waals surface area contributed by atoms with Crippen LogP contribution in [0.3, 0.4) is 0 Å². The van der Waals surface area contributed by atoms with Gasteiger partial charge in [-0.25, -0.2) is 0 Å². The molecule has 0 heterocycles. The molecule has 0 aromatic carbocycles. The monoisotopic (exact) mass is 289 g/mol. The maximum atomic E-state index is 3.94. The lowest BCUT2D eigenvalue weighted by Crippen LogP contribution is -2.35. The third-order valence-electron chi connectivity index (χ3n) is 7.63. The molecule has 0 amide bonds. The highest BCUT2D eigenvalue weighted by atomic mass is 14.9. The second-order valence-corrected chi connectivity index (χ2v) is 8.99. The first kappa shape index (κ1) is 14.5. The van der Waals surface area contributed by atoms with Crippen LogP contribution in [0.1, 0.15) is 77.6 Å². The van der Waals surface area contributed by atoms with E-state index in [2.05, 4.69) is 12.2 Å². The fourth-order valence-corrected chi connectivity index (χ4v) is 6.67. The smallest absolute Gasteiger partial charge is 0.00725 e. The normalized spacial score (nSPS) is 45.6. The standard InChI is InChI=1S/C20H35N/c1-2-7-21-20(12-18-10-14-3-5-16(18)8-14)13-19-11-15-4-6-17(19)9-15/h14-21H,2-13H2,1H3. The number of hydrogen-bond acceptors (Lipinski definition) is 1. The Labute approximate surface area is 131 Å². The van der Waals surface area contributed by atoms with Gasteiger partial charge in [-0.2, -0.15) is 0 Å². The number of rotatable bonds is 7. The van der Waals surface area contributed by atoms with Crippen LogP contribution in [0.4, 0.5) is 0 Å². The molecule has 0 aromatic rings. The van der Waals surface area contributed by atoms with Gasteiger partial charge in [0.15, 0.2) is 0 Å². The van der Waals surface area contributed by atoms with Gasteiger partial charge in [-0.1, -0.05) is 19.8 Å². The summed E-state index contributed by atoms with van der Waals surface area (Å²) in [4.78, 5) is 0. The van der Waals surface area contributed by atoms with E-state index in [4.69, 9.17) is 0 Å². The Bertz CT molecular complexity index is 322. The first-order valence-corrected chi connectivity index (χ1v) is 10.0. The van der Waals surface area contributed by atoms with Gasteiger partial charge in [0.1, 0.15) is 0 Å². The maximum absolute atomic E-state index is 3.94. The fourth-order valence-electron chi connectivity index (χ4n) is 6.67. The molecule has 0 saturated heterocycles. The molecular weight excluding hydrogens is 254 g/mol. The lowest BCUT2D eigenvalue weighted by Gasteiger charge is -2.31. The highest BCUT2D eigenvalue weighted by Crippen LogP contribution is 2.52. The van der Waals surface area contributed by atoms with E-state index in [9.17, 15) is 0 Å². The van der Waals surface area contributed by atoms with Crippen molar-refractivity contribution >= 4 is 0 Å². The molecule has 4 aliphatic rings. The van der Waals surface area contributed by atoms with Crippen molar-refractivity contribution in [3.63, 3.8) is 0 Å². The van der Waals surface area contributed by atoms with Crippen LogP contribution in [0.2, 0.25) is 0 Å². The van der Waals surface area contributed by atoms with E-state index in [1.165, 1.54) is 25.8 Å². The average Bonchev–Trinajstić information content (AvgIpc) is 3.24. The molecule has 1 heteroatoms. The summed E-state index contributed by atoms with van der Waals surface area (Å²) in [7, 11) is 0. The highest BCUT2D eigenvalue weighted by molar-refractivity contribution is 4.95. The van der Waals surface area contributed by atoms with Crippen molar-refractivity contribution in [3.05, 3.63) is 0 Å². The van der Waals surface area contributed by atoms with Gasteiger partial charge in [0.25, 0.3) is 0 Å². The molecule has 6 atom stereocenters. The van der Waals surface area contributed by atoms with Crippen molar-refractivity contribution in [2.45, 2.75) is 83.6 Å². The SMILES string of the molecule is CCCNC(CC1CC2CCC1C2)CC1CC2CCC1C2. The van der Waals surface area contributed by atoms with E-state index < -0.39 is 0 Å². The van der Waals surface area contributed by atoms with E-state index in [1.807, 2.05) is 0 Å². The maximum Gasteiger partial charge on any atom is 0.00725 e. The summed E-state index contributed by atoms with van der Waals surface area (Å²) < 4.78 is 0. The third kappa shape index (κ3) is 3.05. The van der Waals surface area contributed by atoms with E-state index >= 15 is 0 Å². The molecule has 1 N–H and O–H groups in total. The first-order chi connectivity index (χ1) is 10.3. The minimum atomic E-state index is 0.846. The van der Waals surface area contributed by atoms with Crippen molar-refractivity contribution in [2.75, 3.05) is 6.54 Å². The molecule has 4 saturated carbocycles. The first-order valence-electron chi connectivity index (χ1n) is 10.0. The minimum absolute atomic E-state index is 0.846. The zero-order chi connectivity index (χ0) is 14.2. The molecule has 0 radical (unpaired) electrons. The molecular formula is C20H35N. The Balaban J connectivity index is 1.32. The van der Waals surface area contributed by atoms with Gasteiger partial charge >= 0.3 is 0 Å². The highest BCUT2D eigenvalue weighted by Gasteiger charge is 2.42. The summed E-state index contributed by atoms with van der Waals surface area (Å²) in [5, 5.41) is 3.94. The zero-order valence-electron chi connectivity index (χ0n) is 14.0. The van der Waals surface area contributed by atoms with Crippen LogP contribution >= 0.6 is 0 Å². The molecule has 21 heavy (non-hydrogen) atoms. The number of nitrogens with one attached hydrogen (secondary N) is 1. The Morgan fingerprint density at radius 3 is 1.76 bits per heavy atom. The van der Waals surface area contributed by atoms with Crippen molar-refractivity contribution in [1.82, 2.24) is 5.32 Å². The predicted molar refractivity (Wildman–Crippen MR) is 89.2 cm³/mol. The molecule has 0 spiro atoms. The fraction of sp³-hybridized carbons (Fsp3) is 1.00. The lowest BCUT2D eigenvalue weighted by molar-refractivity contribution is 0.227. The molecule has 4 aliphatic carbocycles. The lowest BCUT2D eigenvalue weighted by atomic mass is 9.79. The quantitative estimate of drug-likeness (QED) is 0.695. The molecule has 4 fully saturated rings. The van der Waals surface area contributed by atoms with Gasteiger partial charge in [0.2, 0.25) is 0 Å². The van der Waals surface area contributed by atoms with Crippen molar-refractivity contribution in [1.29, 1.82) is 0 Å². The Kier molecular flexibility index (Phi) is 4.31. The second-order valence-electron chi connectivity index (χ2n) is 8.99. The van der Waals surface area contributed by atoms with Gasteiger partial charge in [-0.05, 0) is 99.8 Å². The molecule has 4 rings (SSSR count). The average molecular weight is 290 g/mol. The summed E-state index contributed by atoms with van der Waals surface area (Å²) in [6, 6.07) is 0.846. The van der Waals surface area contributed by atoms with E-state index in [1.54, 1.807) is 51.4 Å². The van der Waals surface area contributed by atoms with Gasteiger partial charge in [-0.3, -0.25) is 0 Å². The molecule has 0 aromatic heterocycles. The summed E-state index contributed by atoms with van der Waals surface area (Å²) in [6.45, 7) is 3.56. The van der Waals surface area contributed by atoms with Crippen LogP contribution < -0.4 is 5.32 Å². The molecule has 6 unspecified atom stereocenters. The zero-order valence-corrected chi connectivity index (χ0v) is 14.0. The Morgan fingerprint density at radius 1 is 0.810 bits per heavy atom. The van der Waals surface area contributed by atoms with Crippen molar-refractivity contribution in [2.24, 2.45) is 35.5 Å². The van der Waals surface area contributed by atoms with Crippen LogP contribution in [0.5, 0.6) is 0 Å². The van der Waals surface area contributed by atoms with Gasteiger partial charge in [0.05, 0.1) is 0 Å². The van der Waals surface area contributed by atoms with Crippen LogP contribution in [0, 0.1) is 35.5 Å². The van der Waals surface area contributed by atoms with E-state index in [0.29, 0.717) is 0 Å². The molecule has 1 nitrogen and oxygen atoms in total. The van der Waals surface area contributed by atoms with Gasteiger partial charge < -0.3 is 5.32 Å². The number of fused-ring (bicyclic) bond motifs is 4. The van der Waals surface area contributed by atoms with Crippen molar-refractivity contribution < 1.29 is 0 Å². The number of hydrogen-bond donors (Lipinski definition) is 1. The van der Waals surface area contributed by atoms with Crippen LogP contribution in [-0.2, 0) is 0 Å². The Hall–Kier alpha value is -0.0400. The van der Waals surface area contributed by atoms with Gasteiger partial charge in [0, 0.05) is 6.04 Å². The second kappa shape index (κ2) is 6.22. The van der Waals surface area contributed by atoms with Gasteiger partial charge in [-0.15, -0.1) is 0 Å². The van der Waals surface area contributed by atoms with Crippen LogP contribution in [0.25, 0.3) is 0 Å². The van der Waals surface area contributed by atoms with E-state index in [0.717, 1.165) is 41.5 Å². The van der Waals surface area contributed by atoms with E-state index in [-0.39, 0.29) is 0 Å². The van der Waals surface area contributed by atoms with Crippen LogP contribution in [-0.4, -0.2) is 12.6 Å². The molecule has 0 aliphatic heterocycles. The minimum Gasteiger partial charge on any atom is -0.314 e. The van der Waals surface area contributed by atoms with Crippen LogP contribution in [0.15, 0.2) is 0 Å². The largest absolute Gasteiger partial charge is 0.314 e. The Morgan fingerprint density at radius 2 is 1.38 bits per heavy atom. The predicted octanol–water partition coefficient (Wildman–Crippen LogP) is 5.01. The molecule has 120 valence electrons.